The molecular formula is C22H20N4O4. The summed E-state index contributed by atoms with van der Waals surface area (Å²) in [6, 6.07) is 13.2. The van der Waals surface area contributed by atoms with Crippen molar-refractivity contribution in [3.8, 4) is 23.0 Å². The summed E-state index contributed by atoms with van der Waals surface area (Å²) in [6.45, 7) is 3.13. The number of fused-ring (bicyclic) bond motifs is 2. The third-order valence-electron chi connectivity index (χ3n) is 4.93. The van der Waals surface area contributed by atoms with E-state index in [-0.39, 0.29) is 12.5 Å². The number of rotatable bonds is 5. The molecule has 0 aliphatic carbocycles. The van der Waals surface area contributed by atoms with Gasteiger partial charge in [0.15, 0.2) is 11.5 Å². The van der Waals surface area contributed by atoms with Crippen LogP contribution < -0.4 is 14.8 Å². The van der Waals surface area contributed by atoms with Gasteiger partial charge >= 0.3 is 0 Å². The number of carbonyl (C=O) groups excluding carboxylic acids is 1. The Morgan fingerprint density at radius 2 is 1.93 bits per heavy atom. The van der Waals surface area contributed by atoms with Crippen molar-refractivity contribution < 1.29 is 18.7 Å². The van der Waals surface area contributed by atoms with Crippen LogP contribution in [-0.2, 0) is 17.8 Å². The van der Waals surface area contributed by atoms with Crippen molar-refractivity contribution in [2.45, 2.75) is 19.9 Å². The zero-order valence-corrected chi connectivity index (χ0v) is 16.4. The van der Waals surface area contributed by atoms with Crippen LogP contribution in [0.25, 0.3) is 22.4 Å². The van der Waals surface area contributed by atoms with Crippen molar-refractivity contribution in [1.82, 2.24) is 14.8 Å². The van der Waals surface area contributed by atoms with Gasteiger partial charge in [-0.25, -0.2) is 0 Å². The van der Waals surface area contributed by atoms with E-state index in [0.29, 0.717) is 48.6 Å². The highest BCUT2D eigenvalue weighted by molar-refractivity contribution is 5.96. The van der Waals surface area contributed by atoms with E-state index in [1.54, 1.807) is 18.2 Å². The lowest BCUT2D eigenvalue weighted by Crippen LogP contribution is -2.19. The SMILES string of the molecule is CCc1nnc(-c2cn(CC(=O)Nc3ccc4c(c3)OCCO4)c3ccccc23)o1. The topological polar surface area (TPSA) is 91.4 Å². The number of hydrogen-bond donors (Lipinski definition) is 1. The molecule has 2 aromatic carbocycles. The molecule has 8 heteroatoms. The normalized spacial score (nSPS) is 12.8. The van der Waals surface area contributed by atoms with Crippen LogP contribution in [0.15, 0.2) is 53.1 Å². The quantitative estimate of drug-likeness (QED) is 0.546. The monoisotopic (exact) mass is 404 g/mol. The van der Waals surface area contributed by atoms with Crippen LogP contribution in [0, 0.1) is 0 Å². The Morgan fingerprint density at radius 3 is 2.77 bits per heavy atom. The molecule has 1 aliphatic rings. The molecular weight excluding hydrogens is 384 g/mol. The number of hydrogen-bond acceptors (Lipinski definition) is 6. The summed E-state index contributed by atoms with van der Waals surface area (Å²) in [5, 5.41) is 12.1. The maximum atomic E-state index is 12.7. The lowest BCUT2D eigenvalue weighted by Gasteiger charge is -2.19. The van der Waals surface area contributed by atoms with E-state index in [1.807, 2.05) is 42.0 Å². The summed E-state index contributed by atoms with van der Waals surface area (Å²) in [5.74, 6) is 2.20. The molecule has 30 heavy (non-hydrogen) atoms. The smallest absolute Gasteiger partial charge is 0.249 e. The van der Waals surface area contributed by atoms with Gasteiger partial charge in [-0.3, -0.25) is 4.79 Å². The zero-order chi connectivity index (χ0) is 20.5. The molecule has 4 aromatic rings. The standard InChI is InChI=1S/C22H20N4O4/c1-2-21-24-25-22(30-21)16-12-26(17-6-4-3-5-15(16)17)13-20(27)23-14-7-8-18-19(11-14)29-10-9-28-18/h3-8,11-12H,2,9-10,13H2,1H3,(H,23,27). The fraction of sp³-hybridized carbons (Fsp3) is 0.227. The summed E-state index contributed by atoms with van der Waals surface area (Å²) in [7, 11) is 0. The van der Waals surface area contributed by atoms with E-state index < -0.39 is 0 Å². The van der Waals surface area contributed by atoms with Gasteiger partial charge in [0.25, 0.3) is 0 Å². The number of anilines is 1. The number of ether oxygens (including phenoxy) is 2. The largest absolute Gasteiger partial charge is 0.486 e. The molecule has 152 valence electrons. The van der Waals surface area contributed by atoms with Crippen molar-refractivity contribution in [1.29, 1.82) is 0 Å². The Kier molecular flexibility index (Phi) is 4.59. The number of nitrogens with zero attached hydrogens (tertiary/aromatic N) is 3. The first-order valence-corrected chi connectivity index (χ1v) is 9.81. The number of para-hydroxylation sites is 1. The number of nitrogens with one attached hydrogen (secondary N) is 1. The third kappa shape index (κ3) is 3.36. The fourth-order valence-electron chi connectivity index (χ4n) is 3.53. The van der Waals surface area contributed by atoms with Gasteiger partial charge in [0.1, 0.15) is 19.8 Å². The lowest BCUT2D eigenvalue weighted by atomic mass is 10.2. The first kappa shape index (κ1) is 18.2. The highest BCUT2D eigenvalue weighted by Crippen LogP contribution is 2.33. The first-order chi connectivity index (χ1) is 14.7. The molecule has 0 saturated heterocycles. The molecule has 1 N–H and O–H groups in total. The lowest BCUT2D eigenvalue weighted by molar-refractivity contribution is -0.116. The van der Waals surface area contributed by atoms with Crippen LogP contribution in [0.3, 0.4) is 0 Å². The molecule has 5 rings (SSSR count). The molecule has 1 aliphatic heterocycles. The Balaban J connectivity index is 1.40. The summed E-state index contributed by atoms with van der Waals surface area (Å²) >= 11 is 0. The molecule has 0 saturated carbocycles. The van der Waals surface area contributed by atoms with Gasteiger partial charge in [-0.1, -0.05) is 25.1 Å². The molecule has 0 radical (unpaired) electrons. The van der Waals surface area contributed by atoms with Crippen LogP contribution in [0.5, 0.6) is 11.5 Å². The Labute approximate surface area is 172 Å². The summed E-state index contributed by atoms with van der Waals surface area (Å²) < 4.78 is 18.7. The predicted molar refractivity (Wildman–Crippen MR) is 111 cm³/mol. The van der Waals surface area contributed by atoms with Crippen molar-refractivity contribution in [3.63, 3.8) is 0 Å². The van der Waals surface area contributed by atoms with E-state index in [0.717, 1.165) is 16.5 Å². The average Bonchev–Trinajstić information content (AvgIpc) is 3.39. The molecule has 0 fully saturated rings. The molecule has 8 nitrogen and oxygen atoms in total. The number of aryl methyl sites for hydroxylation is 1. The minimum atomic E-state index is -0.154. The molecule has 0 bridgehead atoms. The highest BCUT2D eigenvalue weighted by Gasteiger charge is 2.17. The van der Waals surface area contributed by atoms with E-state index >= 15 is 0 Å². The summed E-state index contributed by atoms with van der Waals surface area (Å²) in [4.78, 5) is 12.7. The maximum absolute atomic E-state index is 12.7. The fourth-order valence-corrected chi connectivity index (χ4v) is 3.53. The second-order valence-corrected chi connectivity index (χ2v) is 6.95. The highest BCUT2D eigenvalue weighted by atomic mass is 16.6. The molecule has 0 spiro atoms. The Bertz CT molecular complexity index is 1230. The van der Waals surface area contributed by atoms with Crippen LogP contribution >= 0.6 is 0 Å². The van der Waals surface area contributed by atoms with Gasteiger partial charge in [0.05, 0.1) is 5.56 Å². The number of carbonyl (C=O) groups is 1. The van der Waals surface area contributed by atoms with Crippen LogP contribution in [0.2, 0.25) is 0 Å². The third-order valence-corrected chi connectivity index (χ3v) is 4.93. The van der Waals surface area contributed by atoms with E-state index in [9.17, 15) is 4.79 Å². The van der Waals surface area contributed by atoms with Gasteiger partial charge < -0.3 is 23.8 Å². The van der Waals surface area contributed by atoms with Crippen molar-refractivity contribution >= 4 is 22.5 Å². The minimum Gasteiger partial charge on any atom is -0.486 e. The predicted octanol–water partition coefficient (Wildman–Crippen LogP) is 3.66. The molecule has 0 unspecified atom stereocenters. The van der Waals surface area contributed by atoms with E-state index in [1.165, 1.54) is 0 Å². The maximum Gasteiger partial charge on any atom is 0.249 e. The van der Waals surface area contributed by atoms with Crippen molar-refractivity contribution in [2.24, 2.45) is 0 Å². The van der Waals surface area contributed by atoms with E-state index in [2.05, 4.69) is 15.5 Å². The van der Waals surface area contributed by atoms with Crippen LogP contribution in [0.4, 0.5) is 5.69 Å². The Morgan fingerprint density at radius 1 is 1.10 bits per heavy atom. The van der Waals surface area contributed by atoms with E-state index in [4.69, 9.17) is 13.9 Å². The molecule has 1 amide bonds. The van der Waals surface area contributed by atoms with Gasteiger partial charge in [-0.05, 0) is 18.2 Å². The first-order valence-electron chi connectivity index (χ1n) is 9.81. The average molecular weight is 404 g/mol. The molecule has 3 heterocycles. The van der Waals surface area contributed by atoms with Gasteiger partial charge in [0, 0.05) is 35.3 Å². The molecule has 2 aromatic heterocycles. The van der Waals surface area contributed by atoms with Crippen molar-refractivity contribution in [3.05, 3.63) is 54.6 Å². The Hall–Kier alpha value is -3.81. The number of amides is 1. The zero-order valence-electron chi connectivity index (χ0n) is 16.4. The molecule has 0 atom stereocenters. The number of benzene rings is 2. The second-order valence-electron chi connectivity index (χ2n) is 6.95. The minimum absolute atomic E-state index is 0.143. The second kappa shape index (κ2) is 7.55. The van der Waals surface area contributed by atoms with Gasteiger partial charge in [-0.15, -0.1) is 10.2 Å². The summed E-state index contributed by atoms with van der Waals surface area (Å²) in [6.07, 6.45) is 2.55. The van der Waals surface area contributed by atoms with Gasteiger partial charge in [0.2, 0.25) is 17.7 Å². The summed E-state index contributed by atoms with van der Waals surface area (Å²) in [5.41, 5.74) is 2.39. The van der Waals surface area contributed by atoms with Gasteiger partial charge in [-0.2, -0.15) is 0 Å². The van der Waals surface area contributed by atoms with Crippen molar-refractivity contribution in [2.75, 3.05) is 18.5 Å². The number of aromatic nitrogens is 3. The van der Waals surface area contributed by atoms with Crippen LogP contribution in [-0.4, -0.2) is 33.9 Å². The van der Waals surface area contributed by atoms with Crippen LogP contribution in [0.1, 0.15) is 12.8 Å².